The van der Waals surface area contributed by atoms with E-state index in [1.807, 2.05) is 31.3 Å². The zero-order valence-electron chi connectivity index (χ0n) is 13.7. The van der Waals surface area contributed by atoms with Gasteiger partial charge in [0.1, 0.15) is 17.4 Å². The molecule has 0 saturated heterocycles. The molecule has 0 aliphatic heterocycles. The molecule has 1 saturated carbocycles. The van der Waals surface area contributed by atoms with Gasteiger partial charge in [0.2, 0.25) is 5.91 Å². The molecule has 0 bridgehead atoms. The molecule has 0 spiro atoms. The highest BCUT2D eigenvalue weighted by Gasteiger charge is 2.43. The molecule has 2 heterocycles. The molecule has 3 aromatic rings. The molecule has 1 amide bonds. The number of anilines is 1. The maximum Gasteiger partial charge on any atom is 0.232 e. The van der Waals surface area contributed by atoms with Crippen molar-refractivity contribution in [1.29, 1.82) is 0 Å². The Hall–Kier alpha value is -2.54. The molecule has 128 valence electrons. The summed E-state index contributed by atoms with van der Waals surface area (Å²) >= 11 is 1.35. The van der Waals surface area contributed by atoms with Crippen LogP contribution in [0.4, 0.5) is 9.52 Å². The summed E-state index contributed by atoms with van der Waals surface area (Å²) in [7, 11) is 1.59. The number of hydrogen-bond donors (Lipinski definition) is 1. The van der Waals surface area contributed by atoms with Crippen molar-refractivity contribution in [1.82, 2.24) is 9.97 Å². The highest BCUT2D eigenvalue weighted by Crippen LogP contribution is 2.39. The number of rotatable bonds is 4. The minimum atomic E-state index is -1.02. The summed E-state index contributed by atoms with van der Waals surface area (Å²) in [4.78, 5) is 20.6. The number of amides is 1. The van der Waals surface area contributed by atoms with Crippen LogP contribution in [0.3, 0.4) is 0 Å². The van der Waals surface area contributed by atoms with Crippen molar-refractivity contribution in [3.63, 3.8) is 0 Å². The predicted molar refractivity (Wildman–Crippen MR) is 95.8 cm³/mol. The number of ether oxygens (including phenoxy) is 1. The van der Waals surface area contributed by atoms with Gasteiger partial charge in [-0.1, -0.05) is 11.3 Å². The first-order valence-corrected chi connectivity index (χ1v) is 8.73. The summed E-state index contributed by atoms with van der Waals surface area (Å²) in [5, 5.41) is 3.16. The van der Waals surface area contributed by atoms with Gasteiger partial charge in [-0.15, -0.1) is 0 Å². The molecule has 1 aliphatic carbocycles. The lowest BCUT2D eigenvalue weighted by atomic mass is 10.0. The van der Waals surface area contributed by atoms with Crippen molar-refractivity contribution >= 4 is 32.6 Å². The third kappa shape index (κ3) is 2.95. The predicted octanol–water partition coefficient (Wildman–Crippen LogP) is 3.97. The largest absolute Gasteiger partial charge is 0.494 e. The van der Waals surface area contributed by atoms with Crippen LogP contribution in [0.2, 0.25) is 0 Å². The standard InChI is InChI=1S/C18H16FN3O2S/c1-9-3-4-20-8-12(9)10-5-14(24-2)16-15(6-10)25-18(21-16)22-17(23)11-7-13(11)19/h3-6,8,11,13H,7H2,1-2H3,(H,21,22,23). The van der Waals surface area contributed by atoms with E-state index in [1.165, 1.54) is 11.3 Å². The van der Waals surface area contributed by atoms with Crippen LogP contribution < -0.4 is 10.1 Å². The second-order valence-electron chi connectivity index (χ2n) is 6.08. The smallest absolute Gasteiger partial charge is 0.232 e. The van der Waals surface area contributed by atoms with E-state index in [2.05, 4.69) is 15.3 Å². The maximum atomic E-state index is 13.0. The number of methoxy groups -OCH3 is 1. The number of benzene rings is 1. The lowest BCUT2D eigenvalue weighted by molar-refractivity contribution is -0.117. The Balaban J connectivity index is 1.73. The van der Waals surface area contributed by atoms with Crippen molar-refractivity contribution in [2.24, 2.45) is 5.92 Å². The highest BCUT2D eigenvalue weighted by molar-refractivity contribution is 7.22. The van der Waals surface area contributed by atoms with E-state index in [0.717, 1.165) is 21.4 Å². The molecular weight excluding hydrogens is 341 g/mol. The zero-order valence-corrected chi connectivity index (χ0v) is 14.6. The van der Waals surface area contributed by atoms with Gasteiger partial charge in [0.25, 0.3) is 0 Å². The van der Waals surface area contributed by atoms with E-state index in [9.17, 15) is 9.18 Å². The molecule has 2 atom stereocenters. The average Bonchev–Trinajstić information content (AvgIpc) is 3.20. The van der Waals surface area contributed by atoms with E-state index >= 15 is 0 Å². The molecule has 5 nitrogen and oxygen atoms in total. The summed E-state index contributed by atoms with van der Waals surface area (Å²) in [5.74, 6) is -0.223. The number of aryl methyl sites for hydroxylation is 1. The minimum absolute atomic E-state index is 0.296. The Morgan fingerprint density at radius 1 is 1.44 bits per heavy atom. The number of nitrogens with zero attached hydrogens (tertiary/aromatic N) is 2. The lowest BCUT2D eigenvalue weighted by Crippen LogP contribution is -2.14. The fourth-order valence-corrected chi connectivity index (χ4v) is 3.69. The van der Waals surface area contributed by atoms with Crippen LogP contribution in [0.15, 0.2) is 30.6 Å². The molecule has 2 unspecified atom stereocenters. The number of nitrogens with one attached hydrogen (secondary N) is 1. The van der Waals surface area contributed by atoms with Crippen LogP contribution in [0.1, 0.15) is 12.0 Å². The number of pyridine rings is 1. The second-order valence-corrected chi connectivity index (χ2v) is 7.11. The SMILES string of the molecule is COc1cc(-c2cnccc2C)cc2sc(NC(=O)C3CC3F)nc12. The maximum absolute atomic E-state index is 13.0. The molecule has 25 heavy (non-hydrogen) atoms. The van der Waals surface area contributed by atoms with Crippen molar-refractivity contribution < 1.29 is 13.9 Å². The van der Waals surface area contributed by atoms with Gasteiger partial charge < -0.3 is 10.1 Å². The van der Waals surface area contributed by atoms with Gasteiger partial charge in [-0.2, -0.15) is 0 Å². The Morgan fingerprint density at radius 2 is 2.24 bits per heavy atom. The van der Waals surface area contributed by atoms with Gasteiger partial charge in [0, 0.05) is 18.0 Å². The van der Waals surface area contributed by atoms with Gasteiger partial charge >= 0.3 is 0 Å². The first-order valence-electron chi connectivity index (χ1n) is 7.91. The molecule has 4 rings (SSSR count). The first-order chi connectivity index (χ1) is 12.1. The molecule has 2 aromatic heterocycles. The van der Waals surface area contributed by atoms with Crippen molar-refractivity contribution in [3.8, 4) is 16.9 Å². The Bertz CT molecular complexity index is 972. The van der Waals surface area contributed by atoms with E-state index in [4.69, 9.17) is 4.74 Å². The molecule has 0 radical (unpaired) electrons. The topological polar surface area (TPSA) is 64.1 Å². The van der Waals surface area contributed by atoms with Crippen LogP contribution in [0, 0.1) is 12.8 Å². The van der Waals surface area contributed by atoms with Crippen LogP contribution in [-0.2, 0) is 4.79 Å². The molecule has 1 fully saturated rings. The lowest BCUT2D eigenvalue weighted by Gasteiger charge is -2.08. The number of carbonyl (C=O) groups excluding carboxylic acids is 1. The number of fused-ring (bicyclic) bond motifs is 1. The normalized spacial score (nSPS) is 19.0. The van der Waals surface area contributed by atoms with Crippen LogP contribution in [0.25, 0.3) is 21.3 Å². The number of thiazole rings is 1. The summed E-state index contributed by atoms with van der Waals surface area (Å²) in [5.41, 5.74) is 3.78. The number of hydrogen-bond acceptors (Lipinski definition) is 5. The third-order valence-corrected chi connectivity index (χ3v) is 5.23. The number of carbonyl (C=O) groups is 1. The van der Waals surface area contributed by atoms with E-state index in [1.54, 1.807) is 13.3 Å². The van der Waals surface area contributed by atoms with Crippen LogP contribution in [0.5, 0.6) is 5.75 Å². The number of alkyl halides is 1. The van der Waals surface area contributed by atoms with E-state index in [0.29, 0.717) is 22.8 Å². The van der Waals surface area contributed by atoms with Crippen molar-refractivity contribution in [3.05, 3.63) is 36.2 Å². The monoisotopic (exact) mass is 357 g/mol. The summed E-state index contributed by atoms with van der Waals surface area (Å²) < 4.78 is 19.4. The van der Waals surface area contributed by atoms with Gasteiger partial charge in [0.15, 0.2) is 5.13 Å². The van der Waals surface area contributed by atoms with Gasteiger partial charge in [0.05, 0.1) is 17.7 Å². The second kappa shape index (κ2) is 6.07. The summed E-state index contributed by atoms with van der Waals surface area (Å²) in [6.07, 6.45) is 2.84. The summed E-state index contributed by atoms with van der Waals surface area (Å²) in [6.45, 7) is 2.02. The molecule has 1 N–H and O–H groups in total. The van der Waals surface area contributed by atoms with Crippen LogP contribution in [-0.4, -0.2) is 29.2 Å². The Morgan fingerprint density at radius 3 is 2.92 bits per heavy atom. The molecule has 1 aliphatic rings. The van der Waals surface area contributed by atoms with E-state index < -0.39 is 12.1 Å². The summed E-state index contributed by atoms with van der Waals surface area (Å²) in [6, 6.07) is 5.87. The fourth-order valence-electron chi connectivity index (χ4n) is 2.76. The van der Waals surface area contributed by atoms with Crippen LogP contribution >= 0.6 is 11.3 Å². The highest BCUT2D eigenvalue weighted by atomic mass is 32.1. The average molecular weight is 357 g/mol. The zero-order chi connectivity index (χ0) is 17.6. The number of halogens is 1. The Labute approximate surface area is 147 Å². The van der Waals surface area contributed by atoms with E-state index in [-0.39, 0.29) is 5.91 Å². The quantitative estimate of drug-likeness (QED) is 0.767. The van der Waals surface area contributed by atoms with Gasteiger partial charge in [-0.3, -0.25) is 9.78 Å². The van der Waals surface area contributed by atoms with Crippen molar-refractivity contribution in [2.75, 3.05) is 12.4 Å². The molecule has 7 heteroatoms. The molecule has 1 aromatic carbocycles. The van der Waals surface area contributed by atoms with Gasteiger partial charge in [-0.05, 0) is 42.7 Å². The van der Waals surface area contributed by atoms with Crippen molar-refractivity contribution in [2.45, 2.75) is 19.5 Å². The van der Waals surface area contributed by atoms with Gasteiger partial charge in [-0.25, -0.2) is 9.37 Å². The third-order valence-electron chi connectivity index (χ3n) is 4.31. The Kier molecular flexibility index (Phi) is 3.88. The molecular formula is C18H16FN3O2S. The first kappa shape index (κ1) is 16.0. The number of aromatic nitrogens is 2. The minimum Gasteiger partial charge on any atom is -0.494 e. The fraction of sp³-hybridized carbons (Fsp3) is 0.278.